The molecule has 3 heteroatoms. The van der Waals surface area contributed by atoms with Gasteiger partial charge in [0, 0.05) is 5.54 Å². The summed E-state index contributed by atoms with van der Waals surface area (Å²) in [6, 6.07) is 37.1. The summed E-state index contributed by atoms with van der Waals surface area (Å²) in [6.45, 7) is 29.8. The van der Waals surface area contributed by atoms with E-state index in [1.165, 1.54) is 66.4 Å². The van der Waals surface area contributed by atoms with Crippen molar-refractivity contribution >= 4 is 24.9 Å². The molecule has 0 spiro atoms. The van der Waals surface area contributed by atoms with Gasteiger partial charge in [0.2, 0.25) is 0 Å². The molecule has 51 heavy (non-hydrogen) atoms. The first-order valence-electron chi connectivity index (χ1n) is 18.4. The molecule has 0 amide bonds. The van der Waals surface area contributed by atoms with E-state index < -0.39 is 8.07 Å². The smallest absolute Gasteiger partial charge is 0.137 e. The van der Waals surface area contributed by atoms with Crippen molar-refractivity contribution in [3.05, 3.63) is 143 Å². The third kappa shape index (κ3) is 7.15. The van der Waals surface area contributed by atoms with Crippen LogP contribution in [0.25, 0.3) is 33.4 Å². The maximum atomic E-state index is 7.15. The lowest BCUT2D eigenvalue weighted by Crippen LogP contribution is -2.49. The monoisotopic (exact) mass is 710 g/mol. The Hall–Kier alpha value is -3.85. The van der Waals surface area contributed by atoms with Crippen molar-refractivity contribution in [3.8, 4) is 39.1 Å². The maximum absolute atomic E-state index is 7.15. The molecule has 0 unspecified atom stereocenters. The lowest BCUT2D eigenvalue weighted by Gasteiger charge is -2.35. The zero-order chi connectivity index (χ0) is 37.1. The third-order valence-corrected chi connectivity index (χ3v) is 15.0. The van der Waals surface area contributed by atoms with Gasteiger partial charge in [-0.15, -0.1) is 0 Å². The average molecular weight is 712 g/mol. The summed E-state index contributed by atoms with van der Waals surface area (Å²) in [4.78, 5) is 0. The molecule has 264 valence electrons. The Morgan fingerprint density at radius 2 is 1.00 bits per heavy atom. The standard InChI is InChI=1S/C48H55ClOSi/c1-13-26-50-44-42(49)29-37(48(8,9)10)30-43(44)51(11,12)45-40-27-33(31-14-20-35(21-15-31)46(2,3)4)18-24-38(40)39-25-19-34(28-41(39)45)32-16-22-36(23-17-32)47(5,6)7/h13-25,27-30,45H,1,26H2,2-12H3. The van der Waals surface area contributed by atoms with Gasteiger partial charge in [-0.25, -0.2) is 0 Å². The summed E-state index contributed by atoms with van der Waals surface area (Å²) in [5, 5.41) is 1.93. The van der Waals surface area contributed by atoms with Crippen LogP contribution in [-0.2, 0) is 16.2 Å². The molecular weight excluding hydrogens is 656 g/mol. The van der Waals surface area contributed by atoms with Crippen LogP contribution in [0.15, 0.2) is 110 Å². The van der Waals surface area contributed by atoms with Crippen LogP contribution < -0.4 is 9.92 Å². The second kappa shape index (κ2) is 13.3. The molecule has 0 aromatic heterocycles. The molecule has 5 aromatic rings. The molecule has 5 aromatic carbocycles. The molecule has 0 heterocycles. The number of rotatable bonds is 7. The molecule has 1 aliphatic rings. The normalized spacial score (nSPS) is 13.6. The second-order valence-electron chi connectivity index (χ2n) is 18.1. The molecule has 0 aliphatic heterocycles. The van der Waals surface area contributed by atoms with Crippen molar-refractivity contribution < 1.29 is 4.74 Å². The number of hydrogen-bond donors (Lipinski definition) is 0. The molecule has 0 radical (unpaired) electrons. The molecule has 0 bridgehead atoms. The number of ether oxygens (including phenoxy) is 1. The van der Waals surface area contributed by atoms with Gasteiger partial charge in [0.05, 0.1) is 13.1 Å². The molecule has 0 saturated heterocycles. The molecular formula is C48H55ClOSi. The highest BCUT2D eigenvalue weighted by Gasteiger charge is 2.44. The minimum atomic E-state index is -2.44. The Labute approximate surface area is 313 Å². The van der Waals surface area contributed by atoms with E-state index >= 15 is 0 Å². The Balaban J connectivity index is 1.57. The van der Waals surface area contributed by atoms with Crippen molar-refractivity contribution in [2.75, 3.05) is 6.61 Å². The van der Waals surface area contributed by atoms with Gasteiger partial charge >= 0.3 is 0 Å². The van der Waals surface area contributed by atoms with Crippen molar-refractivity contribution in [1.29, 1.82) is 0 Å². The molecule has 1 aliphatic carbocycles. The summed E-state index contributed by atoms with van der Waals surface area (Å²) >= 11 is 7.15. The van der Waals surface area contributed by atoms with Crippen LogP contribution in [0.5, 0.6) is 5.75 Å². The fourth-order valence-corrected chi connectivity index (χ4v) is 11.7. The fraction of sp³-hybridized carbons (Fsp3) is 0.333. The third-order valence-electron chi connectivity index (χ3n) is 10.9. The van der Waals surface area contributed by atoms with Crippen LogP contribution in [0.1, 0.15) is 95.7 Å². The van der Waals surface area contributed by atoms with Gasteiger partial charge in [-0.1, -0.05) is 191 Å². The van der Waals surface area contributed by atoms with E-state index in [1.54, 1.807) is 6.08 Å². The highest BCUT2D eigenvalue weighted by atomic mass is 35.5. The van der Waals surface area contributed by atoms with Gasteiger partial charge in [-0.2, -0.15) is 0 Å². The van der Waals surface area contributed by atoms with Crippen LogP contribution in [0.2, 0.25) is 18.1 Å². The highest BCUT2D eigenvalue weighted by molar-refractivity contribution is 6.92. The molecule has 6 rings (SSSR count). The second-order valence-corrected chi connectivity index (χ2v) is 23.1. The van der Waals surface area contributed by atoms with Gasteiger partial charge in [0.25, 0.3) is 0 Å². The predicted octanol–water partition coefficient (Wildman–Crippen LogP) is 13.4. The van der Waals surface area contributed by atoms with Crippen molar-refractivity contribution in [2.24, 2.45) is 0 Å². The van der Waals surface area contributed by atoms with Crippen molar-refractivity contribution in [3.63, 3.8) is 0 Å². The number of hydrogen-bond acceptors (Lipinski definition) is 1. The van der Waals surface area contributed by atoms with Crippen LogP contribution >= 0.6 is 11.6 Å². The molecule has 0 saturated carbocycles. The largest absolute Gasteiger partial charge is 0.488 e. The van der Waals surface area contributed by atoms with Gasteiger partial charge in [-0.05, 0) is 88.7 Å². The first-order chi connectivity index (χ1) is 23.8. The Morgan fingerprint density at radius 3 is 1.39 bits per heavy atom. The van der Waals surface area contributed by atoms with E-state index in [0.29, 0.717) is 11.6 Å². The van der Waals surface area contributed by atoms with Gasteiger partial charge in [-0.3, -0.25) is 0 Å². The topological polar surface area (TPSA) is 9.23 Å². The average Bonchev–Trinajstić information content (AvgIpc) is 3.40. The van der Waals surface area contributed by atoms with Crippen molar-refractivity contribution in [1.82, 2.24) is 0 Å². The SMILES string of the molecule is C=CCOc1c(Cl)cc(C(C)(C)C)cc1[Si](C)(C)C1c2cc(-c3ccc(C(C)(C)C)cc3)ccc2-c2ccc(-c3ccc(C(C)(C)C)cc3)cc21. The quantitative estimate of drug-likeness (QED) is 0.121. The first kappa shape index (κ1) is 36.9. The lowest BCUT2D eigenvalue weighted by atomic mass is 9.86. The van der Waals surface area contributed by atoms with Crippen LogP contribution in [-0.4, -0.2) is 14.7 Å². The van der Waals surface area contributed by atoms with Gasteiger partial charge < -0.3 is 4.74 Å². The van der Waals surface area contributed by atoms with E-state index in [4.69, 9.17) is 16.3 Å². The molecule has 0 N–H and O–H groups in total. The van der Waals surface area contributed by atoms with Crippen LogP contribution in [0.4, 0.5) is 0 Å². The Morgan fingerprint density at radius 1 is 0.588 bits per heavy atom. The maximum Gasteiger partial charge on any atom is 0.137 e. The zero-order valence-corrected chi connectivity index (χ0v) is 34.3. The number of benzene rings is 5. The molecule has 1 nitrogen and oxygen atoms in total. The summed E-state index contributed by atoms with van der Waals surface area (Å²) < 4.78 is 6.45. The van der Waals surface area contributed by atoms with E-state index in [1.807, 2.05) is 0 Å². The fourth-order valence-electron chi connectivity index (χ4n) is 7.67. The van der Waals surface area contributed by atoms with Gasteiger partial charge in [0.15, 0.2) is 0 Å². The molecule has 0 atom stereocenters. The van der Waals surface area contributed by atoms with E-state index in [9.17, 15) is 0 Å². The van der Waals surface area contributed by atoms with Crippen LogP contribution in [0.3, 0.4) is 0 Å². The van der Waals surface area contributed by atoms with Crippen LogP contribution in [0, 0.1) is 0 Å². The predicted molar refractivity (Wildman–Crippen MR) is 225 cm³/mol. The summed E-state index contributed by atoms with van der Waals surface area (Å²) in [5.41, 5.74) is 14.7. The van der Waals surface area contributed by atoms with Crippen molar-refractivity contribution in [2.45, 2.75) is 97.2 Å². The number of fused-ring (bicyclic) bond motifs is 3. The van der Waals surface area contributed by atoms with E-state index in [0.717, 1.165) is 5.75 Å². The first-order valence-corrected chi connectivity index (χ1v) is 21.8. The number of halogens is 1. The summed E-state index contributed by atoms with van der Waals surface area (Å²) in [7, 11) is -2.44. The van der Waals surface area contributed by atoms with Gasteiger partial charge in [0.1, 0.15) is 12.4 Å². The zero-order valence-electron chi connectivity index (χ0n) is 32.6. The minimum absolute atomic E-state index is 0.0654. The van der Waals surface area contributed by atoms with E-state index in [2.05, 4.69) is 179 Å². The summed E-state index contributed by atoms with van der Waals surface area (Å²) in [6.07, 6.45) is 1.81. The lowest BCUT2D eigenvalue weighted by molar-refractivity contribution is 0.366. The Kier molecular flexibility index (Phi) is 9.62. The highest BCUT2D eigenvalue weighted by Crippen LogP contribution is 2.52. The van der Waals surface area contributed by atoms with E-state index in [-0.39, 0.29) is 21.8 Å². The summed E-state index contributed by atoms with van der Waals surface area (Å²) in [5.74, 6) is 0.805. The molecule has 0 fully saturated rings. The Bertz CT molecular complexity index is 1970. The minimum Gasteiger partial charge on any atom is -0.488 e.